The number of carbonyl (C=O) groups excluding carboxylic acids is 1. The number of benzene rings is 3. The molecule has 0 aliphatic carbocycles. The number of carbonyl (C=O) groups is 1. The van der Waals surface area contributed by atoms with Crippen molar-refractivity contribution in [2.75, 3.05) is 24.0 Å². The van der Waals surface area contributed by atoms with Gasteiger partial charge >= 0.3 is 0 Å². The van der Waals surface area contributed by atoms with Gasteiger partial charge in [0.15, 0.2) is 11.6 Å². The molecule has 0 spiro atoms. The Balaban J connectivity index is 1.42. The van der Waals surface area contributed by atoms with Crippen LogP contribution in [-0.2, 0) is 4.79 Å². The van der Waals surface area contributed by atoms with Gasteiger partial charge in [0.2, 0.25) is 11.1 Å². The molecule has 0 aliphatic rings. The van der Waals surface area contributed by atoms with E-state index >= 15 is 0 Å². The zero-order chi connectivity index (χ0) is 22.3. The normalized spacial score (nSPS) is 10.5. The van der Waals surface area contributed by atoms with Crippen LogP contribution in [0.15, 0.2) is 84.0 Å². The zero-order valence-corrected chi connectivity index (χ0v) is 18.1. The molecule has 0 atom stereocenters. The van der Waals surface area contributed by atoms with Gasteiger partial charge in [0, 0.05) is 0 Å². The molecule has 3 aromatic carbocycles. The molecule has 1 aromatic heterocycles. The van der Waals surface area contributed by atoms with Crippen molar-refractivity contribution in [3.05, 3.63) is 78.9 Å². The van der Waals surface area contributed by atoms with Gasteiger partial charge in [-0.15, -0.1) is 10.2 Å². The molecule has 4 aromatic rings. The minimum atomic E-state index is -0.221. The first-order valence-electron chi connectivity index (χ1n) is 9.74. The van der Waals surface area contributed by atoms with Gasteiger partial charge in [0.25, 0.3) is 0 Å². The van der Waals surface area contributed by atoms with Crippen molar-refractivity contribution in [2.24, 2.45) is 0 Å². The first kappa shape index (κ1) is 21.3. The number of amides is 1. The number of para-hydroxylation sites is 4. The molecule has 162 valence electrons. The molecule has 0 unspecified atom stereocenters. The topological polar surface area (TPSA) is 104 Å². The predicted molar refractivity (Wildman–Crippen MR) is 124 cm³/mol. The van der Waals surface area contributed by atoms with E-state index in [1.54, 1.807) is 19.2 Å². The third kappa shape index (κ3) is 4.84. The minimum Gasteiger partial charge on any atom is -0.496 e. The number of nitrogens with one attached hydrogen (secondary N) is 1. The standard InChI is InChI=1S/C23H21N5O3S/c1-30-19-13-7-5-11-17(19)22-26-27-23(28(22)24)32-15-21(29)25-18-12-6-8-14-20(18)31-16-9-3-2-4-10-16/h2-14H,15,24H2,1H3,(H,25,29). The van der Waals surface area contributed by atoms with Crippen LogP contribution in [0, 0.1) is 0 Å². The molecule has 0 aliphatic heterocycles. The van der Waals surface area contributed by atoms with Crippen molar-refractivity contribution in [1.29, 1.82) is 0 Å². The predicted octanol–water partition coefficient (Wildman–Crippen LogP) is 4.19. The molecule has 9 heteroatoms. The molecular formula is C23H21N5O3S. The van der Waals surface area contributed by atoms with Crippen LogP contribution in [0.5, 0.6) is 17.2 Å². The highest BCUT2D eigenvalue weighted by Gasteiger charge is 2.17. The third-order valence-corrected chi connectivity index (χ3v) is 5.42. The van der Waals surface area contributed by atoms with Gasteiger partial charge in [-0.3, -0.25) is 4.79 Å². The van der Waals surface area contributed by atoms with E-state index in [0.717, 1.165) is 0 Å². The van der Waals surface area contributed by atoms with Crippen molar-refractivity contribution in [1.82, 2.24) is 14.9 Å². The Bertz CT molecular complexity index is 1210. The Morgan fingerprint density at radius 1 is 0.969 bits per heavy atom. The molecule has 0 bridgehead atoms. The molecule has 0 radical (unpaired) electrons. The van der Waals surface area contributed by atoms with Crippen LogP contribution in [0.25, 0.3) is 11.4 Å². The number of hydrogen-bond acceptors (Lipinski definition) is 7. The molecule has 1 amide bonds. The summed E-state index contributed by atoms with van der Waals surface area (Å²) in [6.45, 7) is 0. The molecule has 0 saturated carbocycles. The number of rotatable bonds is 8. The van der Waals surface area contributed by atoms with Crippen LogP contribution in [0.2, 0.25) is 0 Å². The second kappa shape index (κ2) is 9.88. The summed E-state index contributed by atoms with van der Waals surface area (Å²) in [5.41, 5.74) is 1.29. The first-order valence-corrected chi connectivity index (χ1v) is 10.7. The lowest BCUT2D eigenvalue weighted by molar-refractivity contribution is -0.113. The zero-order valence-electron chi connectivity index (χ0n) is 17.3. The smallest absolute Gasteiger partial charge is 0.234 e. The Hall–Kier alpha value is -3.98. The summed E-state index contributed by atoms with van der Waals surface area (Å²) < 4.78 is 12.6. The third-order valence-electron chi connectivity index (χ3n) is 4.48. The Morgan fingerprint density at radius 2 is 1.66 bits per heavy atom. The number of nitrogens with zero attached hydrogens (tertiary/aromatic N) is 3. The number of nitrogen functional groups attached to an aromatic ring is 1. The fourth-order valence-corrected chi connectivity index (χ4v) is 3.64. The monoisotopic (exact) mass is 447 g/mol. The molecule has 8 nitrogen and oxygen atoms in total. The van der Waals surface area contributed by atoms with Crippen molar-refractivity contribution in [3.8, 4) is 28.6 Å². The number of ether oxygens (including phenoxy) is 2. The lowest BCUT2D eigenvalue weighted by atomic mass is 10.2. The minimum absolute atomic E-state index is 0.0981. The van der Waals surface area contributed by atoms with E-state index in [4.69, 9.17) is 15.3 Å². The van der Waals surface area contributed by atoms with Gasteiger partial charge in [0.1, 0.15) is 11.5 Å². The molecule has 0 fully saturated rings. The van der Waals surface area contributed by atoms with Crippen LogP contribution in [0.3, 0.4) is 0 Å². The van der Waals surface area contributed by atoms with Crippen molar-refractivity contribution >= 4 is 23.4 Å². The lowest BCUT2D eigenvalue weighted by Gasteiger charge is -2.12. The summed E-state index contributed by atoms with van der Waals surface area (Å²) in [6, 6.07) is 24.0. The highest BCUT2D eigenvalue weighted by Crippen LogP contribution is 2.31. The Labute approximate surface area is 189 Å². The average Bonchev–Trinajstić information content (AvgIpc) is 3.19. The number of aromatic nitrogens is 3. The number of hydrogen-bond donors (Lipinski definition) is 2. The molecule has 4 rings (SSSR count). The van der Waals surface area contributed by atoms with Gasteiger partial charge < -0.3 is 20.6 Å². The Morgan fingerprint density at radius 3 is 2.44 bits per heavy atom. The summed E-state index contributed by atoms with van der Waals surface area (Å²) >= 11 is 1.18. The van der Waals surface area contributed by atoms with Crippen molar-refractivity contribution in [3.63, 3.8) is 0 Å². The maximum absolute atomic E-state index is 12.6. The number of thioether (sulfide) groups is 1. The van der Waals surface area contributed by atoms with Crippen LogP contribution in [0.4, 0.5) is 5.69 Å². The van der Waals surface area contributed by atoms with Gasteiger partial charge in [-0.2, -0.15) is 0 Å². The number of methoxy groups -OCH3 is 1. The van der Waals surface area contributed by atoms with Crippen LogP contribution in [0.1, 0.15) is 0 Å². The SMILES string of the molecule is COc1ccccc1-c1nnc(SCC(=O)Nc2ccccc2Oc2ccccc2)n1N. The van der Waals surface area contributed by atoms with Crippen molar-refractivity contribution in [2.45, 2.75) is 5.16 Å². The molecule has 3 N–H and O–H groups in total. The van der Waals surface area contributed by atoms with Crippen LogP contribution < -0.4 is 20.6 Å². The Kier molecular flexibility index (Phi) is 6.57. The molecule has 1 heterocycles. The van der Waals surface area contributed by atoms with Gasteiger partial charge in [-0.05, 0) is 36.4 Å². The highest BCUT2D eigenvalue weighted by molar-refractivity contribution is 7.99. The largest absolute Gasteiger partial charge is 0.496 e. The first-order chi connectivity index (χ1) is 15.7. The molecule has 32 heavy (non-hydrogen) atoms. The summed E-state index contributed by atoms with van der Waals surface area (Å²) in [4.78, 5) is 12.6. The van der Waals surface area contributed by atoms with Crippen LogP contribution in [-0.4, -0.2) is 33.6 Å². The average molecular weight is 448 g/mol. The summed E-state index contributed by atoms with van der Waals surface area (Å²) in [5, 5.41) is 11.5. The highest BCUT2D eigenvalue weighted by atomic mass is 32.2. The van der Waals surface area contributed by atoms with E-state index in [2.05, 4.69) is 15.5 Å². The van der Waals surface area contributed by atoms with Gasteiger partial charge in [-0.1, -0.05) is 54.2 Å². The van der Waals surface area contributed by atoms with Gasteiger partial charge in [0.05, 0.1) is 24.1 Å². The van der Waals surface area contributed by atoms with E-state index in [-0.39, 0.29) is 11.7 Å². The van der Waals surface area contributed by atoms with Gasteiger partial charge in [-0.25, -0.2) is 4.68 Å². The van der Waals surface area contributed by atoms with E-state index in [0.29, 0.717) is 39.5 Å². The van der Waals surface area contributed by atoms with E-state index in [1.165, 1.54) is 16.4 Å². The maximum atomic E-state index is 12.6. The number of nitrogens with two attached hydrogens (primary N) is 1. The van der Waals surface area contributed by atoms with Crippen LogP contribution >= 0.6 is 11.8 Å². The fraction of sp³-hybridized carbons (Fsp3) is 0.0870. The molecule has 0 saturated heterocycles. The molecular weight excluding hydrogens is 426 g/mol. The van der Waals surface area contributed by atoms with E-state index in [1.807, 2.05) is 66.7 Å². The van der Waals surface area contributed by atoms with E-state index < -0.39 is 0 Å². The van der Waals surface area contributed by atoms with E-state index in [9.17, 15) is 4.79 Å². The summed E-state index contributed by atoms with van der Waals surface area (Å²) in [7, 11) is 1.58. The number of anilines is 1. The summed E-state index contributed by atoms with van der Waals surface area (Å²) in [5.74, 6) is 8.37. The second-order valence-electron chi connectivity index (χ2n) is 6.62. The second-order valence-corrected chi connectivity index (χ2v) is 7.57. The van der Waals surface area contributed by atoms with Crippen molar-refractivity contribution < 1.29 is 14.3 Å². The maximum Gasteiger partial charge on any atom is 0.234 e. The lowest BCUT2D eigenvalue weighted by Crippen LogP contribution is -2.16. The fourth-order valence-electron chi connectivity index (χ4n) is 2.98. The quantitative estimate of drug-likeness (QED) is 0.308. The summed E-state index contributed by atoms with van der Waals surface area (Å²) in [6.07, 6.45) is 0.